The third kappa shape index (κ3) is 2.16. The van der Waals surface area contributed by atoms with E-state index in [1.807, 2.05) is 0 Å². The molecule has 2 aliphatic rings. The second kappa shape index (κ2) is 5.12. The molecule has 2 amide bonds. The number of carbonyl (C=O) groups is 3. The van der Waals surface area contributed by atoms with Crippen molar-refractivity contribution >= 4 is 29.5 Å². The van der Waals surface area contributed by atoms with Crippen LogP contribution in [0.1, 0.15) is 13.3 Å². The highest BCUT2D eigenvalue weighted by molar-refractivity contribution is 8.00. The number of nitrogens with one attached hydrogen (secondary N) is 1. The molecule has 0 bridgehead atoms. The Hall–Kier alpha value is -1.70. The summed E-state index contributed by atoms with van der Waals surface area (Å²) in [6.45, 7) is 1.69. The molecule has 104 valence electrons. The lowest BCUT2D eigenvalue weighted by Gasteiger charge is -2.48. The lowest BCUT2D eigenvalue weighted by atomic mass is 10.0. The minimum atomic E-state index is -1.20. The standard InChI is InChI=1S/C11H14N2O5S/c1-3-6(14)12-7-9(15)13-8(11(16)17)5(18-2)4-19-10(7)13/h7,10H,3-4H2,1-2H3,(H,12,14)(H,16,17)/t7?,10-/m1/s1. The summed E-state index contributed by atoms with van der Waals surface area (Å²) in [6, 6.07) is -0.648. The number of hydrogen-bond donors (Lipinski definition) is 2. The van der Waals surface area contributed by atoms with Crippen LogP contribution in [0.25, 0.3) is 0 Å². The molecule has 7 nitrogen and oxygen atoms in total. The first-order chi connectivity index (χ1) is 9.01. The van der Waals surface area contributed by atoms with Crippen LogP contribution in [0, 0.1) is 0 Å². The number of fused-ring (bicyclic) bond motifs is 1. The van der Waals surface area contributed by atoms with Gasteiger partial charge in [0.1, 0.15) is 17.2 Å². The Bertz CT molecular complexity index is 476. The van der Waals surface area contributed by atoms with Crippen LogP contribution in [-0.4, -0.2) is 52.1 Å². The van der Waals surface area contributed by atoms with Crippen LogP contribution in [0.2, 0.25) is 0 Å². The van der Waals surface area contributed by atoms with Gasteiger partial charge in [-0.1, -0.05) is 6.92 Å². The van der Waals surface area contributed by atoms with Crippen molar-refractivity contribution in [3.05, 3.63) is 11.5 Å². The number of methoxy groups -OCH3 is 1. The molecule has 2 N–H and O–H groups in total. The number of ether oxygens (including phenoxy) is 1. The van der Waals surface area contributed by atoms with E-state index in [1.165, 1.54) is 23.8 Å². The summed E-state index contributed by atoms with van der Waals surface area (Å²) in [5, 5.41) is 11.4. The third-order valence-electron chi connectivity index (χ3n) is 3.02. The number of nitrogens with zero attached hydrogens (tertiary/aromatic N) is 1. The molecular weight excluding hydrogens is 272 g/mol. The molecule has 0 saturated carbocycles. The highest BCUT2D eigenvalue weighted by Gasteiger charge is 2.54. The van der Waals surface area contributed by atoms with Crippen molar-refractivity contribution in [3.8, 4) is 0 Å². The van der Waals surface area contributed by atoms with Crippen LogP contribution in [-0.2, 0) is 19.1 Å². The first kappa shape index (κ1) is 13.7. The molecule has 1 saturated heterocycles. The van der Waals surface area contributed by atoms with Gasteiger partial charge < -0.3 is 15.2 Å². The van der Waals surface area contributed by atoms with E-state index in [-0.39, 0.29) is 29.2 Å². The van der Waals surface area contributed by atoms with E-state index in [0.29, 0.717) is 5.75 Å². The first-order valence-corrected chi connectivity index (χ1v) is 6.80. The fraction of sp³-hybridized carbons (Fsp3) is 0.545. The highest BCUT2D eigenvalue weighted by Crippen LogP contribution is 2.40. The first-order valence-electron chi connectivity index (χ1n) is 5.75. The van der Waals surface area contributed by atoms with E-state index in [4.69, 9.17) is 9.84 Å². The van der Waals surface area contributed by atoms with Crippen molar-refractivity contribution in [1.82, 2.24) is 10.2 Å². The second-order valence-electron chi connectivity index (χ2n) is 4.09. The molecule has 0 aromatic carbocycles. The summed E-state index contributed by atoms with van der Waals surface area (Å²) < 4.78 is 5.00. The van der Waals surface area contributed by atoms with E-state index >= 15 is 0 Å². The van der Waals surface area contributed by atoms with Crippen molar-refractivity contribution in [1.29, 1.82) is 0 Å². The van der Waals surface area contributed by atoms with Crippen LogP contribution >= 0.6 is 11.8 Å². The molecule has 0 aliphatic carbocycles. The molecule has 2 heterocycles. The van der Waals surface area contributed by atoms with Gasteiger partial charge >= 0.3 is 5.97 Å². The Morgan fingerprint density at radius 1 is 1.58 bits per heavy atom. The molecule has 2 aliphatic heterocycles. The average molecular weight is 286 g/mol. The van der Waals surface area contributed by atoms with E-state index < -0.39 is 17.9 Å². The number of carboxylic acid groups (broad SMARTS) is 1. The Labute approximate surface area is 114 Å². The Morgan fingerprint density at radius 2 is 2.26 bits per heavy atom. The summed E-state index contributed by atoms with van der Waals surface area (Å²) in [7, 11) is 1.37. The molecule has 19 heavy (non-hydrogen) atoms. The Morgan fingerprint density at radius 3 is 2.79 bits per heavy atom. The maximum absolute atomic E-state index is 12.0. The number of carbonyl (C=O) groups excluding carboxylic acids is 2. The summed E-state index contributed by atoms with van der Waals surface area (Å²) in [6.07, 6.45) is 0.284. The van der Waals surface area contributed by atoms with E-state index in [1.54, 1.807) is 6.92 Å². The van der Waals surface area contributed by atoms with Gasteiger partial charge in [0.25, 0.3) is 5.91 Å². The van der Waals surface area contributed by atoms with Gasteiger partial charge in [-0.2, -0.15) is 0 Å². The predicted octanol–water partition coefficient (Wildman–Crippen LogP) is -0.261. The van der Waals surface area contributed by atoms with Crippen molar-refractivity contribution < 1.29 is 24.2 Å². The molecule has 2 rings (SSSR count). The SMILES string of the molecule is CCC(=O)NC1C(=O)N2C(C(=O)O)=C(OC)CS[C@H]12. The van der Waals surface area contributed by atoms with E-state index in [2.05, 4.69) is 5.32 Å². The number of carboxylic acids is 1. The van der Waals surface area contributed by atoms with Gasteiger partial charge in [0.2, 0.25) is 5.91 Å². The second-order valence-corrected chi connectivity index (χ2v) is 5.19. The Balaban J connectivity index is 2.21. The van der Waals surface area contributed by atoms with E-state index in [9.17, 15) is 14.4 Å². The maximum Gasteiger partial charge on any atom is 0.356 e. The van der Waals surface area contributed by atoms with Crippen molar-refractivity contribution in [2.45, 2.75) is 24.8 Å². The van der Waals surface area contributed by atoms with Crippen LogP contribution in [0.5, 0.6) is 0 Å². The van der Waals surface area contributed by atoms with Crippen LogP contribution in [0.3, 0.4) is 0 Å². The Kier molecular flexibility index (Phi) is 3.70. The minimum Gasteiger partial charge on any atom is -0.498 e. The molecular formula is C11H14N2O5S. The number of aliphatic carboxylic acids is 1. The van der Waals surface area contributed by atoms with Crippen LogP contribution in [0.4, 0.5) is 0 Å². The zero-order valence-corrected chi connectivity index (χ0v) is 11.3. The van der Waals surface area contributed by atoms with Gasteiger partial charge in [-0.3, -0.25) is 14.5 Å². The summed E-state index contributed by atoms with van der Waals surface area (Å²) in [4.78, 5) is 35.7. The molecule has 1 unspecified atom stereocenters. The number of hydrogen-bond acceptors (Lipinski definition) is 5. The summed E-state index contributed by atoms with van der Waals surface area (Å²) in [5.74, 6) is -1.20. The van der Waals surface area contributed by atoms with Crippen LogP contribution < -0.4 is 5.32 Å². The zero-order valence-electron chi connectivity index (χ0n) is 10.5. The quantitative estimate of drug-likeness (QED) is 0.691. The maximum atomic E-state index is 12.0. The number of β-lactam (4-membered cyclic amide) rings is 1. The van der Waals surface area contributed by atoms with Gasteiger partial charge in [-0.05, 0) is 0 Å². The number of amides is 2. The monoisotopic (exact) mass is 286 g/mol. The van der Waals surface area contributed by atoms with Crippen molar-refractivity contribution in [2.24, 2.45) is 0 Å². The normalized spacial score (nSPS) is 25.6. The lowest BCUT2D eigenvalue weighted by molar-refractivity contribution is -0.151. The van der Waals surface area contributed by atoms with Crippen LogP contribution in [0.15, 0.2) is 11.5 Å². The summed E-state index contributed by atoms with van der Waals surface area (Å²) in [5.41, 5.74) is -0.127. The molecule has 2 atom stereocenters. The molecule has 0 radical (unpaired) electrons. The fourth-order valence-corrected chi connectivity index (χ4v) is 3.33. The molecule has 0 aromatic heterocycles. The molecule has 8 heteroatoms. The number of thioether (sulfide) groups is 1. The average Bonchev–Trinajstić information content (AvgIpc) is 2.42. The molecule has 0 aromatic rings. The minimum absolute atomic E-state index is 0.127. The van der Waals surface area contributed by atoms with Gasteiger partial charge in [0.15, 0.2) is 5.70 Å². The van der Waals surface area contributed by atoms with Gasteiger partial charge in [-0.25, -0.2) is 4.79 Å². The number of rotatable bonds is 4. The van der Waals surface area contributed by atoms with Gasteiger partial charge in [0.05, 0.1) is 12.9 Å². The smallest absolute Gasteiger partial charge is 0.356 e. The van der Waals surface area contributed by atoms with E-state index in [0.717, 1.165) is 0 Å². The highest BCUT2D eigenvalue weighted by atomic mass is 32.2. The molecule has 1 fully saturated rings. The molecule has 0 spiro atoms. The lowest BCUT2D eigenvalue weighted by Crippen LogP contribution is -2.70. The largest absolute Gasteiger partial charge is 0.498 e. The topological polar surface area (TPSA) is 95.9 Å². The van der Waals surface area contributed by atoms with Gasteiger partial charge in [0, 0.05) is 6.42 Å². The fourth-order valence-electron chi connectivity index (χ4n) is 2.02. The van der Waals surface area contributed by atoms with Crippen molar-refractivity contribution in [2.75, 3.05) is 12.9 Å². The predicted molar refractivity (Wildman–Crippen MR) is 67.0 cm³/mol. The summed E-state index contributed by atoms with van der Waals surface area (Å²) >= 11 is 1.38. The van der Waals surface area contributed by atoms with Gasteiger partial charge in [-0.15, -0.1) is 11.8 Å². The zero-order chi connectivity index (χ0) is 14.2. The third-order valence-corrected chi connectivity index (χ3v) is 4.27. The van der Waals surface area contributed by atoms with Crippen molar-refractivity contribution in [3.63, 3.8) is 0 Å².